The summed E-state index contributed by atoms with van der Waals surface area (Å²) in [7, 11) is 1.70. The highest BCUT2D eigenvalue weighted by molar-refractivity contribution is 5.76. The number of aryl methyl sites for hydroxylation is 2. The number of anilines is 1. The number of fused-ring (bicyclic) bond motifs is 1. The highest BCUT2D eigenvalue weighted by atomic mass is 16.4. The Hall–Kier alpha value is -1.65. The lowest BCUT2D eigenvalue weighted by Gasteiger charge is -2.21. The molecule has 5 nitrogen and oxygen atoms in total. The number of rotatable bonds is 3. The van der Waals surface area contributed by atoms with E-state index in [9.17, 15) is 4.79 Å². The molecule has 0 radical (unpaired) electrons. The first-order valence-corrected chi connectivity index (χ1v) is 5.40. The Balaban J connectivity index is 2.24. The third kappa shape index (κ3) is 1.85. The van der Waals surface area contributed by atoms with Gasteiger partial charge < -0.3 is 10.0 Å². The lowest BCUT2D eigenvalue weighted by Crippen LogP contribution is -2.37. The van der Waals surface area contributed by atoms with Crippen LogP contribution < -0.4 is 4.90 Å². The lowest BCUT2D eigenvalue weighted by atomic mass is 10.3. The molecule has 2 rings (SSSR count). The Kier molecular flexibility index (Phi) is 2.77. The predicted molar refractivity (Wildman–Crippen MR) is 59.6 cm³/mol. The average molecular weight is 221 g/mol. The van der Waals surface area contributed by atoms with Crippen molar-refractivity contribution in [3.05, 3.63) is 17.5 Å². The Morgan fingerprint density at radius 1 is 1.56 bits per heavy atom. The summed E-state index contributed by atoms with van der Waals surface area (Å²) in [6.45, 7) is 1.62. The second-order valence-electron chi connectivity index (χ2n) is 4.12. The van der Waals surface area contributed by atoms with Crippen LogP contribution in [0.5, 0.6) is 0 Å². The molecule has 0 fully saturated rings. The first-order chi connectivity index (χ1) is 7.59. The largest absolute Gasteiger partial charge is 0.480 e. The summed E-state index contributed by atoms with van der Waals surface area (Å²) in [6, 6.07) is -0.612. The molecule has 1 aliphatic rings. The molecule has 0 aromatic carbocycles. The van der Waals surface area contributed by atoms with E-state index in [4.69, 9.17) is 5.11 Å². The van der Waals surface area contributed by atoms with Gasteiger partial charge in [0.1, 0.15) is 6.04 Å². The van der Waals surface area contributed by atoms with Crippen molar-refractivity contribution in [2.24, 2.45) is 0 Å². The summed E-state index contributed by atoms with van der Waals surface area (Å²) in [5.74, 6) is -0.373. The monoisotopic (exact) mass is 221 g/mol. The smallest absolute Gasteiger partial charge is 0.326 e. The molecule has 16 heavy (non-hydrogen) atoms. The van der Waals surface area contributed by atoms with Crippen molar-refractivity contribution in [3.8, 4) is 0 Å². The molecule has 1 aromatic rings. The molecule has 5 heteroatoms. The van der Waals surface area contributed by atoms with Crippen molar-refractivity contribution in [1.29, 1.82) is 0 Å². The molecule has 1 heterocycles. The minimum atomic E-state index is -0.869. The Labute approximate surface area is 94.1 Å². The van der Waals surface area contributed by atoms with Gasteiger partial charge in [0, 0.05) is 18.9 Å². The number of aromatic nitrogens is 2. The highest BCUT2D eigenvalue weighted by Gasteiger charge is 2.21. The minimum absolute atomic E-state index is 0.496. The third-order valence-electron chi connectivity index (χ3n) is 3.05. The van der Waals surface area contributed by atoms with Crippen molar-refractivity contribution in [3.63, 3.8) is 0 Å². The van der Waals surface area contributed by atoms with Crippen LogP contribution in [0.4, 0.5) is 5.95 Å². The van der Waals surface area contributed by atoms with E-state index in [2.05, 4.69) is 9.97 Å². The molecular weight excluding hydrogens is 206 g/mol. The Morgan fingerprint density at radius 2 is 2.31 bits per heavy atom. The second kappa shape index (κ2) is 4.08. The zero-order valence-corrected chi connectivity index (χ0v) is 9.47. The molecule has 1 unspecified atom stereocenters. The van der Waals surface area contributed by atoms with Crippen LogP contribution in [0.25, 0.3) is 0 Å². The lowest BCUT2D eigenvalue weighted by molar-refractivity contribution is -0.138. The molecule has 0 saturated carbocycles. The zero-order chi connectivity index (χ0) is 11.7. The number of nitrogens with zero attached hydrogens (tertiary/aromatic N) is 3. The van der Waals surface area contributed by atoms with Crippen molar-refractivity contribution < 1.29 is 9.90 Å². The fourth-order valence-electron chi connectivity index (χ4n) is 1.81. The normalized spacial score (nSPS) is 15.6. The molecule has 1 aromatic heterocycles. The first-order valence-electron chi connectivity index (χ1n) is 5.40. The van der Waals surface area contributed by atoms with Gasteiger partial charge in [-0.3, -0.25) is 0 Å². The molecule has 86 valence electrons. The van der Waals surface area contributed by atoms with Gasteiger partial charge in [-0.1, -0.05) is 0 Å². The summed E-state index contributed by atoms with van der Waals surface area (Å²) >= 11 is 0. The second-order valence-corrected chi connectivity index (χ2v) is 4.12. The SMILES string of the molecule is CC(C(=O)O)N(C)c1ncc2c(n1)CCC2. The molecule has 1 aliphatic carbocycles. The first kappa shape index (κ1) is 10.9. The molecule has 0 bridgehead atoms. The Bertz CT molecular complexity index is 420. The van der Waals surface area contributed by atoms with Gasteiger partial charge in [-0.2, -0.15) is 0 Å². The van der Waals surface area contributed by atoms with Crippen molar-refractivity contribution in [1.82, 2.24) is 9.97 Å². The van der Waals surface area contributed by atoms with Crippen LogP contribution in [0.2, 0.25) is 0 Å². The van der Waals surface area contributed by atoms with Gasteiger partial charge in [-0.25, -0.2) is 14.8 Å². The van der Waals surface area contributed by atoms with Gasteiger partial charge in [0.15, 0.2) is 0 Å². The maximum Gasteiger partial charge on any atom is 0.326 e. The van der Waals surface area contributed by atoms with Crippen molar-refractivity contribution >= 4 is 11.9 Å². The van der Waals surface area contributed by atoms with Crippen LogP contribution >= 0.6 is 0 Å². The fourth-order valence-corrected chi connectivity index (χ4v) is 1.81. The quantitative estimate of drug-likeness (QED) is 0.820. The van der Waals surface area contributed by atoms with Crippen LogP contribution in [0, 0.1) is 0 Å². The van der Waals surface area contributed by atoms with E-state index in [0.29, 0.717) is 5.95 Å². The van der Waals surface area contributed by atoms with E-state index >= 15 is 0 Å². The molecule has 0 amide bonds. The number of hydrogen-bond donors (Lipinski definition) is 1. The van der Waals surface area contributed by atoms with E-state index in [1.807, 2.05) is 6.20 Å². The van der Waals surface area contributed by atoms with Crippen LogP contribution in [0.15, 0.2) is 6.20 Å². The average Bonchev–Trinajstić information content (AvgIpc) is 2.73. The molecule has 1 atom stereocenters. The van der Waals surface area contributed by atoms with Gasteiger partial charge in [-0.15, -0.1) is 0 Å². The number of aliphatic carboxylic acids is 1. The molecule has 0 saturated heterocycles. The predicted octanol–water partition coefficient (Wildman–Crippen LogP) is 0.875. The number of hydrogen-bond acceptors (Lipinski definition) is 4. The Morgan fingerprint density at radius 3 is 3.00 bits per heavy atom. The third-order valence-corrected chi connectivity index (χ3v) is 3.05. The standard InChI is InChI=1S/C11H15N3O2/c1-7(10(15)16)14(2)11-12-6-8-4-3-5-9(8)13-11/h6-7H,3-5H2,1-2H3,(H,15,16). The van der Waals surface area contributed by atoms with Crippen LogP contribution in [-0.2, 0) is 17.6 Å². The summed E-state index contributed by atoms with van der Waals surface area (Å²) in [6.07, 6.45) is 4.94. The maximum atomic E-state index is 10.9. The minimum Gasteiger partial charge on any atom is -0.480 e. The van der Waals surface area contributed by atoms with E-state index in [1.54, 1.807) is 18.9 Å². The molecule has 0 aliphatic heterocycles. The summed E-state index contributed by atoms with van der Waals surface area (Å²) < 4.78 is 0. The van der Waals surface area contributed by atoms with Gasteiger partial charge in [0.2, 0.25) is 5.95 Å². The molecule has 0 spiro atoms. The molecular formula is C11H15N3O2. The number of likely N-dealkylation sites (N-methyl/N-ethyl adjacent to an activating group) is 1. The fraction of sp³-hybridized carbons (Fsp3) is 0.545. The van der Waals surface area contributed by atoms with E-state index in [1.165, 1.54) is 5.56 Å². The highest BCUT2D eigenvalue weighted by Crippen LogP contribution is 2.21. The summed E-state index contributed by atoms with van der Waals surface area (Å²) in [5.41, 5.74) is 2.26. The van der Waals surface area contributed by atoms with Crippen LogP contribution in [0.1, 0.15) is 24.6 Å². The van der Waals surface area contributed by atoms with Gasteiger partial charge >= 0.3 is 5.97 Å². The topological polar surface area (TPSA) is 66.3 Å². The van der Waals surface area contributed by atoms with Crippen molar-refractivity contribution in [2.45, 2.75) is 32.2 Å². The van der Waals surface area contributed by atoms with Crippen molar-refractivity contribution in [2.75, 3.05) is 11.9 Å². The van der Waals surface area contributed by atoms with Gasteiger partial charge in [0.05, 0.1) is 0 Å². The maximum absolute atomic E-state index is 10.9. The van der Waals surface area contributed by atoms with Gasteiger partial charge in [0.25, 0.3) is 0 Å². The zero-order valence-electron chi connectivity index (χ0n) is 9.47. The number of carboxylic acid groups (broad SMARTS) is 1. The van der Waals surface area contributed by atoms with E-state index < -0.39 is 12.0 Å². The van der Waals surface area contributed by atoms with E-state index in [-0.39, 0.29) is 0 Å². The summed E-state index contributed by atoms with van der Waals surface area (Å²) in [5, 5.41) is 8.91. The number of carboxylic acids is 1. The number of carbonyl (C=O) groups is 1. The summed E-state index contributed by atoms with van der Waals surface area (Å²) in [4.78, 5) is 21.0. The van der Waals surface area contributed by atoms with Gasteiger partial charge in [-0.05, 0) is 31.7 Å². The van der Waals surface area contributed by atoms with E-state index in [0.717, 1.165) is 25.0 Å². The van der Waals surface area contributed by atoms with Crippen LogP contribution in [-0.4, -0.2) is 34.1 Å². The van der Waals surface area contributed by atoms with Crippen LogP contribution in [0.3, 0.4) is 0 Å². The molecule has 1 N–H and O–H groups in total.